The first-order valence-electron chi connectivity index (χ1n) is 5.98. The summed E-state index contributed by atoms with van der Waals surface area (Å²) in [7, 11) is 0. The Hall–Kier alpha value is -1.18. The van der Waals surface area contributed by atoms with Gasteiger partial charge in [-0.3, -0.25) is 14.5 Å². The summed E-state index contributed by atoms with van der Waals surface area (Å²) in [5, 5.41) is 31.2. The van der Waals surface area contributed by atoms with E-state index in [1.54, 1.807) is 4.90 Å². The quantitative estimate of drug-likeness (QED) is 0.495. The van der Waals surface area contributed by atoms with E-state index in [0.717, 1.165) is 6.42 Å². The van der Waals surface area contributed by atoms with Crippen LogP contribution in [0.3, 0.4) is 0 Å². The Bertz CT molecular complexity index is 323. The molecule has 0 bridgehead atoms. The summed E-state index contributed by atoms with van der Waals surface area (Å²) in [6.45, 7) is 3.87. The van der Waals surface area contributed by atoms with Crippen molar-refractivity contribution in [2.75, 3.05) is 13.1 Å². The molecular weight excluding hydrogens is 240 g/mol. The number of aliphatic carboxylic acids is 1. The highest BCUT2D eigenvalue weighted by Crippen LogP contribution is 2.22. The minimum atomic E-state index is -1.38. The van der Waals surface area contributed by atoms with Crippen LogP contribution in [0, 0.1) is 5.92 Å². The third-order valence-corrected chi connectivity index (χ3v) is 3.09. The van der Waals surface area contributed by atoms with Gasteiger partial charge in [-0.15, -0.1) is 0 Å². The van der Waals surface area contributed by atoms with Crippen LogP contribution in [-0.2, 0) is 9.59 Å². The van der Waals surface area contributed by atoms with E-state index in [2.05, 4.69) is 5.32 Å². The molecule has 0 spiro atoms. The molecule has 0 saturated carbocycles. The minimum absolute atomic E-state index is 0.104. The summed E-state index contributed by atoms with van der Waals surface area (Å²) in [6.07, 6.45) is -2.68. The number of carbonyl (C=O) groups is 2. The van der Waals surface area contributed by atoms with E-state index in [4.69, 9.17) is 5.11 Å². The summed E-state index contributed by atoms with van der Waals surface area (Å²) >= 11 is 0. The number of amides is 1. The number of nitrogens with one attached hydrogen (secondary N) is 1. The number of carbonyl (C=O) groups excluding carboxylic acids is 1. The lowest BCUT2D eigenvalue weighted by Gasteiger charge is -2.44. The van der Waals surface area contributed by atoms with Crippen molar-refractivity contribution in [3.8, 4) is 0 Å². The van der Waals surface area contributed by atoms with Crippen LogP contribution >= 0.6 is 0 Å². The fraction of sp³-hybridized carbons (Fsp3) is 0.818. The molecule has 18 heavy (non-hydrogen) atoms. The van der Waals surface area contributed by atoms with Gasteiger partial charge in [-0.1, -0.05) is 6.92 Å². The number of piperidine rings is 1. The van der Waals surface area contributed by atoms with Gasteiger partial charge in [0.15, 0.2) is 0 Å². The van der Waals surface area contributed by atoms with Crippen molar-refractivity contribution in [2.24, 2.45) is 5.92 Å². The molecule has 0 aliphatic carbocycles. The van der Waals surface area contributed by atoms with Gasteiger partial charge in [0.1, 0.15) is 12.3 Å². The average molecular weight is 260 g/mol. The first-order chi connectivity index (χ1) is 8.38. The second-order valence-corrected chi connectivity index (χ2v) is 4.57. The van der Waals surface area contributed by atoms with Gasteiger partial charge >= 0.3 is 5.97 Å². The van der Waals surface area contributed by atoms with Crippen molar-refractivity contribution >= 4 is 11.9 Å². The third kappa shape index (κ3) is 3.18. The Morgan fingerprint density at radius 3 is 2.39 bits per heavy atom. The van der Waals surface area contributed by atoms with Crippen LogP contribution in [0.5, 0.6) is 0 Å². The van der Waals surface area contributed by atoms with Gasteiger partial charge in [-0.2, -0.15) is 0 Å². The van der Waals surface area contributed by atoms with Crippen molar-refractivity contribution < 1.29 is 24.9 Å². The molecule has 1 saturated heterocycles. The van der Waals surface area contributed by atoms with Gasteiger partial charge in [-0.25, -0.2) is 0 Å². The predicted octanol–water partition coefficient (Wildman–Crippen LogP) is -1.40. The van der Waals surface area contributed by atoms with Crippen LogP contribution in [0.15, 0.2) is 0 Å². The van der Waals surface area contributed by atoms with Gasteiger partial charge in [-0.05, 0) is 13.0 Å². The standard InChI is InChI=1S/C11H20N2O5/c1-3-4-13-5-7(11(17)18)8(15)9(16)10(13)12-6(2)14/h7-10,15-16H,3-5H2,1-2H3,(H,12,14)(H,17,18)/t7-,8-,9-,10-/m0/s1. The molecule has 1 aliphatic heterocycles. The van der Waals surface area contributed by atoms with Crippen molar-refractivity contribution in [1.29, 1.82) is 0 Å². The molecule has 7 heteroatoms. The zero-order valence-electron chi connectivity index (χ0n) is 10.5. The van der Waals surface area contributed by atoms with Gasteiger partial charge < -0.3 is 20.6 Å². The molecule has 7 nitrogen and oxygen atoms in total. The van der Waals surface area contributed by atoms with Crippen molar-refractivity contribution in [2.45, 2.75) is 38.6 Å². The molecule has 4 atom stereocenters. The molecule has 0 aromatic carbocycles. The number of carboxylic acid groups (broad SMARTS) is 1. The summed E-state index contributed by atoms with van der Waals surface area (Å²) in [5.41, 5.74) is 0. The summed E-state index contributed by atoms with van der Waals surface area (Å²) in [4.78, 5) is 23.8. The van der Waals surface area contributed by atoms with Crippen LogP contribution in [0.25, 0.3) is 0 Å². The molecule has 0 radical (unpaired) electrons. The molecular formula is C11H20N2O5. The highest BCUT2D eigenvalue weighted by molar-refractivity contribution is 5.74. The van der Waals surface area contributed by atoms with Crippen LogP contribution in [0.2, 0.25) is 0 Å². The van der Waals surface area contributed by atoms with E-state index in [1.165, 1.54) is 6.92 Å². The van der Waals surface area contributed by atoms with E-state index in [9.17, 15) is 19.8 Å². The summed E-state index contributed by atoms with van der Waals surface area (Å²) in [5.74, 6) is -2.53. The van der Waals surface area contributed by atoms with Gasteiger partial charge in [0.05, 0.1) is 12.0 Å². The number of likely N-dealkylation sites (tertiary alicyclic amines) is 1. The zero-order chi connectivity index (χ0) is 13.9. The lowest BCUT2D eigenvalue weighted by molar-refractivity contribution is -0.164. The highest BCUT2D eigenvalue weighted by atomic mass is 16.4. The lowest BCUT2D eigenvalue weighted by atomic mass is 9.90. The lowest BCUT2D eigenvalue weighted by Crippen LogP contribution is -2.66. The maximum Gasteiger partial charge on any atom is 0.310 e. The maximum atomic E-state index is 11.1. The van der Waals surface area contributed by atoms with Crippen LogP contribution < -0.4 is 5.32 Å². The van der Waals surface area contributed by atoms with E-state index in [-0.39, 0.29) is 12.5 Å². The molecule has 1 amide bonds. The first-order valence-corrected chi connectivity index (χ1v) is 5.98. The number of hydrogen-bond donors (Lipinski definition) is 4. The van der Waals surface area contributed by atoms with E-state index < -0.39 is 30.3 Å². The van der Waals surface area contributed by atoms with Crippen molar-refractivity contribution in [3.63, 3.8) is 0 Å². The fourth-order valence-corrected chi connectivity index (χ4v) is 2.24. The number of hydrogen-bond acceptors (Lipinski definition) is 5. The Balaban J connectivity index is 2.88. The van der Waals surface area contributed by atoms with E-state index in [0.29, 0.717) is 6.54 Å². The molecule has 0 unspecified atom stereocenters. The van der Waals surface area contributed by atoms with E-state index in [1.807, 2.05) is 6.92 Å². The first kappa shape index (κ1) is 14.9. The molecule has 4 N–H and O–H groups in total. The van der Waals surface area contributed by atoms with Crippen molar-refractivity contribution in [3.05, 3.63) is 0 Å². The SMILES string of the molecule is CCCN1C[C@H](C(=O)O)[C@H](O)[C@H](O)[C@H]1NC(C)=O. The number of aliphatic hydroxyl groups is 2. The zero-order valence-corrected chi connectivity index (χ0v) is 10.5. The second kappa shape index (κ2) is 6.12. The molecule has 1 rings (SSSR count). The second-order valence-electron chi connectivity index (χ2n) is 4.57. The topological polar surface area (TPSA) is 110 Å². The van der Waals surface area contributed by atoms with Crippen LogP contribution in [-0.4, -0.2) is 63.6 Å². The van der Waals surface area contributed by atoms with Crippen LogP contribution in [0.4, 0.5) is 0 Å². The minimum Gasteiger partial charge on any atom is -0.481 e. The molecule has 0 aromatic heterocycles. The normalized spacial score (nSPS) is 33.1. The largest absolute Gasteiger partial charge is 0.481 e. The van der Waals surface area contributed by atoms with Gasteiger partial charge in [0.25, 0.3) is 0 Å². The Kier molecular flexibility index (Phi) is 5.06. The Morgan fingerprint density at radius 2 is 1.94 bits per heavy atom. The maximum absolute atomic E-state index is 11.1. The molecule has 0 aromatic rings. The molecule has 104 valence electrons. The molecule has 1 fully saturated rings. The number of nitrogens with zero attached hydrogens (tertiary/aromatic N) is 1. The number of carboxylic acids is 1. The Labute approximate surface area is 105 Å². The Morgan fingerprint density at radius 1 is 1.33 bits per heavy atom. The van der Waals surface area contributed by atoms with Gasteiger partial charge in [0, 0.05) is 13.5 Å². The van der Waals surface area contributed by atoms with Crippen molar-refractivity contribution in [1.82, 2.24) is 10.2 Å². The smallest absolute Gasteiger partial charge is 0.310 e. The molecule has 1 heterocycles. The summed E-state index contributed by atoms with van der Waals surface area (Å²) in [6, 6.07) is 0. The third-order valence-electron chi connectivity index (χ3n) is 3.09. The number of aliphatic hydroxyl groups excluding tert-OH is 2. The fourth-order valence-electron chi connectivity index (χ4n) is 2.24. The monoisotopic (exact) mass is 260 g/mol. The number of rotatable bonds is 4. The van der Waals surface area contributed by atoms with Gasteiger partial charge in [0.2, 0.25) is 5.91 Å². The average Bonchev–Trinajstić information content (AvgIpc) is 2.27. The molecule has 1 aliphatic rings. The highest BCUT2D eigenvalue weighted by Gasteiger charge is 2.45. The summed E-state index contributed by atoms with van der Waals surface area (Å²) < 4.78 is 0. The van der Waals surface area contributed by atoms with Crippen LogP contribution in [0.1, 0.15) is 20.3 Å². The predicted molar refractivity (Wildman–Crippen MR) is 62.6 cm³/mol. The van der Waals surface area contributed by atoms with E-state index >= 15 is 0 Å².